The molecule has 0 spiro atoms. The normalized spacial score (nSPS) is 13.7. The number of hydrogen-bond donors (Lipinski definition) is 3. The van der Waals surface area contributed by atoms with Crippen molar-refractivity contribution in [3.8, 4) is 16.2 Å². The molecule has 3 aromatic rings. The summed E-state index contributed by atoms with van der Waals surface area (Å²) in [5.74, 6) is 0.891. The molecular weight excluding hydrogens is 372 g/mol. The van der Waals surface area contributed by atoms with Crippen molar-refractivity contribution in [2.75, 3.05) is 24.3 Å². The molecule has 1 amide bonds. The van der Waals surface area contributed by atoms with E-state index >= 15 is 0 Å². The molecule has 1 atom stereocenters. The highest BCUT2D eigenvalue weighted by molar-refractivity contribution is 7.18. The Labute approximate surface area is 167 Å². The zero-order chi connectivity index (χ0) is 19.5. The summed E-state index contributed by atoms with van der Waals surface area (Å²) in [5.41, 5.74) is 10.4. The van der Waals surface area contributed by atoms with Gasteiger partial charge in [-0.05, 0) is 47.4 Å². The molecular formula is C21H22N4O2S. The number of ether oxygens (including phenoxy) is 1. The molecule has 1 aliphatic rings. The fraction of sp³-hybridized carbons (Fsp3) is 0.238. The number of hydrogen-bond acceptors (Lipinski definition) is 6. The van der Waals surface area contributed by atoms with Gasteiger partial charge in [-0.1, -0.05) is 29.5 Å². The molecule has 6 nitrogen and oxygen atoms in total. The summed E-state index contributed by atoms with van der Waals surface area (Å²) in [4.78, 5) is 17.0. The summed E-state index contributed by atoms with van der Waals surface area (Å²) in [7, 11) is 1.66. The molecule has 0 bridgehead atoms. The highest BCUT2D eigenvalue weighted by Crippen LogP contribution is 2.33. The molecule has 1 aromatic heterocycles. The van der Waals surface area contributed by atoms with Gasteiger partial charge in [-0.15, -0.1) is 0 Å². The minimum Gasteiger partial charge on any atom is -0.497 e. The van der Waals surface area contributed by atoms with Gasteiger partial charge in [0.1, 0.15) is 5.75 Å². The van der Waals surface area contributed by atoms with Crippen LogP contribution in [0.1, 0.15) is 11.1 Å². The smallest absolute Gasteiger partial charge is 0.228 e. The number of nitrogens with one attached hydrogen (secondary N) is 2. The van der Waals surface area contributed by atoms with Crippen LogP contribution < -0.4 is 21.1 Å². The lowest BCUT2D eigenvalue weighted by atomic mass is 10.1. The lowest BCUT2D eigenvalue weighted by Gasteiger charge is -2.12. The zero-order valence-corrected chi connectivity index (χ0v) is 16.4. The molecule has 4 N–H and O–H groups in total. The molecule has 0 unspecified atom stereocenters. The molecule has 0 saturated carbocycles. The summed E-state index contributed by atoms with van der Waals surface area (Å²) in [6, 6.07) is 14.0. The Bertz CT molecular complexity index is 984. The number of rotatable bonds is 7. The SMILES string of the molecule is COc1ccc(C[C@@H](N)CNc2ncc(-c3ccc4c(c3)CC(=O)N4)s2)cc1. The van der Waals surface area contributed by atoms with Crippen molar-refractivity contribution in [2.24, 2.45) is 5.73 Å². The molecule has 0 aliphatic carbocycles. The van der Waals surface area contributed by atoms with E-state index in [0.717, 1.165) is 39.0 Å². The molecule has 2 aromatic carbocycles. The summed E-state index contributed by atoms with van der Waals surface area (Å²) in [6.45, 7) is 0.640. The second kappa shape index (κ2) is 8.00. The van der Waals surface area contributed by atoms with Crippen molar-refractivity contribution in [3.63, 3.8) is 0 Å². The van der Waals surface area contributed by atoms with Gasteiger partial charge in [0.2, 0.25) is 5.91 Å². The summed E-state index contributed by atoms with van der Waals surface area (Å²) < 4.78 is 5.18. The summed E-state index contributed by atoms with van der Waals surface area (Å²) in [6.07, 6.45) is 3.07. The number of amides is 1. The third-order valence-electron chi connectivity index (χ3n) is 4.69. The van der Waals surface area contributed by atoms with Crippen molar-refractivity contribution in [1.82, 2.24) is 4.98 Å². The highest BCUT2D eigenvalue weighted by atomic mass is 32.1. The number of thiazole rings is 1. The first-order chi connectivity index (χ1) is 13.6. The van der Waals surface area contributed by atoms with Crippen LogP contribution in [0.2, 0.25) is 0 Å². The lowest BCUT2D eigenvalue weighted by molar-refractivity contribution is -0.115. The Balaban J connectivity index is 1.34. The maximum atomic E-state index is 11.5. The molecule has 7 heteroatoms. The first-order valence-electron chi connectivity index (χ1n) is 9.12. The van der Waals surface area contributed by atoms with Gasteiger partial charge in [0.25, 0.3) is 0 Å². The zero-order valence-electron chi connectivity index (χ0n) is 15.6. The molecule has 1 aliphatic heterocycles. The van der Waals surface area contributed by atoms with Crippen LogP contribution in [-0.4, -0.2) is 30.6 Å². The Morgan fingerprint density at radius 1 is 1.29 bits per heavy atom. The first kappa shape index (κ1) is 18.5. The summed E-state index contributed by atoms with van der Waals surface area (Å²) >= 11 is 1.59. The van der Waals surface area contributed by atoms with Crippen molar-refractivity contribution < 1.29 is 9.53 Å². The number of nitrogens with two attached hydrogens (primary N) is 1. The molecule has 2 heterocycles. The predicted octanol–water partition coefficient (Wildman–Crippen LogP) is 3.30. The molecule has 28 heavy (non-hydrogen) atoms. The van der Waals surface area contributed by atoms with E-state index in [1.54, 1.807) is 18.4 Å². The van der Waals surface area contributed by atoms with Gasteiger partial charge in [-0.2, -0.15) is 0 Å². The van der Waals surface area contributed by atoms with Crippen LogP contribution in [0, 0.1) is 0 Å². The van der Waals surface area contributed by atoms with Crippen molar-refractivity contribution in [2.45, 2.75) is 18.9 Å². The van der Waals surface area contributed by atoms with E-state index in [9.17, 15) is 4.79 Å². The standard InChI is InChI=1S/C21H22N4O2S/c1-27-17-5-2-13(3-6-17)8-16(22)11-23-21-24-12-19(28-21)14-4-7-18-15(9-14)10-20(26)25-18/h2-7,9,12,16H,8,10-11,22H2,1H3,(H,23,24)(H,25,26)/t16-/m1/s1. The molecule has 144 valence electrons. The number of anilines is 2. The number of fused-ring (bicyclic) bond motifs is 1. The van der Waals surface area contributed by atoms with Gasteiger partial charge >= 0.3 is 0 Å². The first-order valence-corrected chi connectivity index (χ1v) is 9.94. The fourth-order valence-corrected chi connectivity index (χ4v) is 4.05. The van der Waals surface area contributed by atoms with E-state index in [1.807, 2.05) is 42.6 Å². The molecule has 4 rings (SSSR count). The van der Waals surface area contributed by atoms with Gasteiger partial charge in [0.15, 0.2) is 5.13 Å². The second-order valence-corrected chi connectivity index (χ2v) is 7.85. The minimum atomic E-state index is -0.0159. The van der Waals surface area contributed by atoms with Gasteiger partial charge in [-0.25, -0.2) is 4.98 Å². The van der Waals surface area contributed by atoms with Crippen LogP contribution in [0.15, 0.2) is 48.7 Å². The number of methoxy groups -OCH3 is 1. The van der Waals surface area contributed by atoms with Crippen LogP contribution in [-0.2, 0) is 17.6 Å². The average molecular weight is 395 g/mol. The van der Waals surface area contributed by atoms with Crippen LogP contribution in [0.3, 0.4) is 0 Å². The van der Waals surface area contributed by atoms with E-state index < -0.39 is 0 Å². The highest BCUT2D eigenvalue weighted by Gasteiger charge is 2.18. The Morgan fingerprint density at radius 2 is 2.11 bits per heavy atom. The van der Waals surface area contributed by atoms with Crippen molar-refractivity contribution >= 4 is 28.1 Å². The molecule has 0 radical (unpaired) electrons. The van der Waals surface area contributed by atoms with Crippen LogP contribution in [0.4, 0.5) is 10.8 Å². The Morgan fingerprint density at radius 3 is 2.89 bits per heavy atom. The van der Waals surface area contributed by atoms with Gasteiger partial charge in [-0.3, -0.25) is 4.79 Å². The maximum Gasteiger partial charge on any atom is 0.228 e. The third-order valence-corrected chi connectivity index (χ3v) is 5.70. The number of carbonyl (C=O) groups excluding carboxylic acids is 1. The minimum absolute atomic E-state index is 0.0159. The number of carbonyl (C=O) groups is 1. The summed E-state index contributed by atoms with van der Waals surface area (Å²) in [5, 5.41) is 7.03. The van der Waals surface area contributed by atoms with Crippen molar-refractivity contribution in [1.29, 1.82) is 0 Å². The van der Waals surface area contributed by atoms with E-state index in [0.29, 0.717) is 13.0 Å². The Kier molecular flexibility index (Phi) is 5.27. The van der Waals surface area contributed by atoms with Gasteiger partial charge in [0, 0.05) is 24.5 Å². The average Bonchev–Trinajstić information content (AvgIpc) is 3.32. The van der Waals surface area contributed by atoms with E-state index in [4.69, 9.17) is 10.5 Å². The number of benzene rings is 2. The van der Waals surface area contributed by atoms with Crippen LogP contribution >= 0.6 is 11.3 Å². The fourth-order valence-electron chi connectivity index (χ4n) is 3.23. The van der Waals surface area contributed by atoms with Gasteiger partial charge < -0.3 is 21.1 Å². The topological polar surface area (TPSA) is 89.3 Å². The monoisotopic (exact) mass is 394 g/mol. The third kappa shape index (κ3) is 4.16. The quantitative estimate of drug-likeness (QED) is 0.572. The molecule has 0 fully saturated rings. The number of nitrogens with zero attached hydrogens (tertiary/aromatic N) is 1. The number of aromatic nitrogens is 1. The largest absolute Gasteiger partial charge is 0.497 e. The van der Waals surface area contributed by atoms with E-state index in [1.165, 1.54) is 5.56 Å². The second-order valence-electron chi connectivity index (χ2n) is 6.82. The van der Waals surface area contributed by atoms with Crippen molar-refractivity contribution in [3.05, 3.63) is 59.8 Å². The lowest BCUT2D eigenvalue weighted by Crippen LogP contribution is -2.31. The molecule has 0 saturated heterocycles. The Hall–Kier alpha value is -2.90. The van der Waals surface area contributed by atoms with Crippen LogP contribution in [0.5, 0.6) is 5.75 Å². The van der Waals surface area contributed by atoms with Crippen LogP contribution in [0.25, 0.3) is 10.4 Å². The maximum absolute atomic E-state index is 11.5. The van der Waals surface area contributed by atoms with Gasteiger partial charge in [0.05, 0.1) is 18.4 Å². The van der Waals surface area contributed by atoms with E-state index in [-0.39, 0.29) is 11.9 Å². The predicted molar refractivity (Wildman–Crippen MR) is 113 cm³/mol. The van der Waals surface area contributed by atoms with E-state index in [2.05, 4.69) is 21.7 Å².